The second kappa shape index (κ2) is 9.11. The number of methoxy groups -OCH3 is 1. The Bertz CT molecular complexity index is 692. The lowest BCUT2D eigenvalue weighted by Crippen LogP contribution is -2.30. The van der Waals surface area contributed by atoms with E-state index in [0.29, 0.717) is 13.1 Å². The van der Waals surface area contributed by atoms with E-state index in [2.05, 4.69) is 21.2 Å². The standard InChI is InChI=1S/C18H21BrN2O2S/c1-21(11-13-10-14(19)4-9-17(13)23-2)12-18(22)20-15-5-7-16(24-3)8-6-15/h4-10H,11-12H2,1-3H3,(H,20,22). The number of benzene rings is 2. The summed E-state index contributed by atoms with van der Waals surface area (Å²) in [4.78, 5) is 15.3. The van der Waals surface area contributed by atoms with Gasteiger partial charge in [-0.2, -0.15) is 0 Å². The molecule has 1 N–H and O–H groups in total. The predicted octanol–water partition coefficient (Wildman–Crippen LogP) is 4.25. The first-order chi connectivity index (χ1) is 11.5. The minimum atomic E-state index is -0.0386. The lowest BCUT2D eigenvalue weighted by atomic mass is 10.2. The maximum atomic E-state index is 12.2. The zero-order valence-electron chi connectivity index (χ0n) is 14.0. The third-order valence-electron chi connectivity index (χ3n) is 3.47. The highest BCUT2D eigenvalue weighted by atomic mass is 79.9. The van der Waals surface area contributed by atoms with Gasteiger partial charge in [-0.25, -0.2) is 0 Å². The van der Waals surface area contributed by atoms with Crippen molar-refractivity contribution in [2.75, 3.05) is 32.3 Å². The van der Waals surface area contributed by atoms with Gasteiger partial charge in [-0.3, -0.25) is 9.69 Å². The molecule has 0 spiro atoms. The molecule has 0 fully saturated rings. The maximum absolute atomic E-state index is 12.2. The van der Waals surface area contributed by atoms with Crippen molar-refractivity contribution in [1.29, 1.82) is 0 Å². The van der Waals surface area contributed by atoms with Gasteiger partial charge in [-0.05, 0) is 55.8 Å². The molecular formula is C18H21BrN2O2S. The first kappa shape index (κ1) is 18.8. The summed E-state index contributed by atoms with van der Waals surface area (Å²) in [7, 11) is 3.56. The molecule has 0 radical (unpaired) electrons. The number of nitrogens with zero attached hydrogens (tertiary/aromatic N) is 1. The number of amides is 1. The highest BCUT2D eigenvalue weighted by molar-refractivity contribution is 9.10. The Morgan fingerprint density at radius 3 is 2.58 bits per heavy atom. The highest BCUT2D eigenvalue weighted by Crippen LogP contribution is 2.24. The zero-order valence-corrected chi connectivity index (χ0v) is 16.4. The van der Waals surface area contributed by atoms with E-state index in [1.54, 1.807) is 18.9 Å². The molecule has 2 aromatic rings. The van der Waals surface area contributed by atoms with Crippen molar-refractivity contribution in [3.63, 3.8) is 0 Å². The van der Waals surface area contributed by atoms with Crippen LogP contribution in [0.1, 0.15) is 5.56 Å². The fraction of sp³-hybridized carbons (Fsp3) is 0.278. The maximum Gasteiger partial charge on any atom is 0.238 e. The molecular weight excluding hydrogens is 388 g/mol. The van der Waals surface area contributed by atoms with Crippen LogP contribution in [0.3, 0.4) is 0 Å². The first-order valence-corrected chi connectivity index (χ1v) is 9.48. The van der Waals surface area contributed by atoms with Crippen LogP contribution < -0.4 is 10.1 Å². The molecule has 6 heteroatoms. The summed E-state index contributed by atoms with van der Waals surface area (Å²) in [6.45, 7) is 0.932. The molecule has 2 aromatic carbocycles. The number of anilines is 1. The van der Waals surface area contributed by atoms with E-state index in [0.717, 1.165) is 21.5 Å². The summed E-state index contributed by atoms with van der Waals surface area (Å²) in [6, 6.07) is 13.7. The Morgan fingerprint density at radius 1 is 1.25 bits per heavy atom. The number of halogens is 1. The van der Waals surface area contributed by atoms with Gasteiger partial charge in [0, 0.05) is 27.2 Å². The monoisotopic (exact) mass is 408 g/mol. The minimum Gasteiger partial charge on any atom is -0.496 e. The van der Waals surface area contributed by atoms with Gasteiger partial charge in [-0.1, -0.05) is 15.9 Å². The summed E-state index contributed by atoms with van der Waals surface area (Å²) in [6.07, 6.45) is 2.03. The number of hydrogen-bond donors (Lipinski definition) is 1. The van der Waals surface area contributed by atoms with E-state index >= 15 is 0 Å². The quantitative estimate of drug-likeness (QED) is 0.695. The molecule has 24 heavy (non-hydrogen) atoms. The van der Waals surface area contributed by atoms with Crippen LogP contribution in [0.15, 0.2) is 51.8 Å². The van der Waals surface area contributed by atoms with Gasteiger partial charge in [0.25, 0.3) is 0 Å². The Morgan fingerprint density at radius 2 is 1.96 bits per heavy atom. The van der Waals surface area contributed by atoms with Crippen LogP contribution in [0.5, 0.6) is 5.75 Å². The number of hydrogen-bond acceptors (Lipinski definition) is 4. The van der Waals surface area contributed by atoms with E-state index in [-0.39, 0.29) is 5.91 Å². The first-order valence-electron chi connectivity index (χ1n) is 7.46. The van der Waals surface area contributed by atoms with E-state index in [1.807, 2.05) is 60.7 Å². The molecule has 0 aromatic heterocycles. The van der Waals surface area contributed by atoms with Crippen molar-refractivity contribution in [2.24, 2.45) is 0 Å². The molecule has 0 aliphatic heterocycles. The zero-order chi connectivity index (χ0) is 17.5. The van der Waals surface area contributed by atoms with Crippen LogP contribution in [0.25, 0.3) is 0 Å². The molecule has 0 aliphatic rings. The number of ether oxygens (including phenoxy) is 1. The molecule has 2 rings (SSSR count). The number of carbonyl (C=O) groups excluding carboxylic acids is 1. The second-order valence-electron chi connectivity index (χ2n) is 5.41. The molecule has 0 unspecified atom stereocenters. The van der Waals surface area contributed by atoms with Gasteiger partial charge in [0.1, 0.15) is 5.75 Å². The molecule has 1 amide bonds. The normalized spacial score (nSPS) is 10.7. The van der Waals surface area contributed by atoms with Crippen LogP contribution in [-0.4, -0.2) is 37.8 Å². The summed E-state index contributed by atoms with van der Waals surface area (Å²) < 4.78 is 6.36. The predicted molar refractivity (Wildman–Crippen MR) is 104 cm³/mol. The second-order valence-corrected chi connectivity index (χ2v) is 7.20. The van der Waals surface area contributed by atoms with E-state index < -0.39 is 0 Å². The van der Waals surface area contributed by atoms with E-state index in [9.17, 15) is 4.79 Å². The van der Waals surface area contributed by atoms with Crippen molar-refractivity contribution in [1.82, 2.24) is 4.90 Å². The van der Waals surface area contributed by atoms with Crippen molar-refractivity contribution in [2.45, 2.75) is 11.4 Å². The summed E-state index contributed by atoms with van der Waals surface area (Å²) in [5, 5.41) is 2.92. The van der Waals surface area contributed by atoms with Gasteiger partial charge in [0.2, 0.25) is 5.91 Å². The fourth-order valence-electron chi connectivity index (χ4n) is 2.34. The van der Waals surface area contributed by atoms with Crippen molar-refractivity contribution >= 4 is 39.3 Å². The van der Waals surface area contributed by atoms with Crippen LogP contribution in [0.2, 0.25) is 0 Å². The SMILES string of the molecule is COc1ccc(Br)cc1CN(C)CC(=O)Nc1ccc(SC)cc1. The highest BCUT2D eigenvalue weighted by Gasteiger charge is 2.11. The molecule has 0 bridgehead atoms. The molecule has 0 atom stereocenters. The molecule has 0 aliphatic carbocycles. The average molecular weight is 409 g/mol. The number of carbonyl (C=O) groups is 1. The minimum absolute atomic E-state index is 0.0386. The van der Waals surface area contributed by atoms with Gasteiger partial charge >= 0.3 is 0 Å². The Labute approximate surface area is 155 Å². The number of nitrogens with one attached hydrogen (secondary N) is 1. The Hall–Kier alpha value is -1.50. The molecule has 128 valence electrons. The van der Waals surface area contributed by atoms with Crippen LogP contribution in [0.4, 0.5) is 5.69 Å². The third-order valence-corrected chi connectivity index (χ3v) is 4.71. The topological polar surface area (TPSA) is 41.6 Å². The summed E-state index contributed by atoms with van der Waals surface area (Å²) in [5.41, 5.74) is 1.85. The molecule has 0 heterocycles. The number of rotatable bonds is 7. The third kappa shape index (κ3) is 5.54. The Kier molecular flexibility index (Phi) is 7.15. The van der Waals surface area contributed by atoms with Gasteiger partial charge < -0.3 is 10.1 Å². The lowest BCUT2D eigenvalue weighted by molar-refractivity contribution is -0.117. The lowest BCUT2D eigenvalue weighted by Gasteiger charge is -2.18. The summed E-state index contributed by atoms with van der Waals surface area (Å²) in [5.74, 6) is 0.779. The number of thioether (sulfide) groups is 1. The molecule has 4 nitrogen and oxygen atoms in total. The van der Waals surface area contributed by atoms with Gasteiger partial charge in [-0.15, -0.1) is 11.8 Å². The van der Waals surface area contributed by atoms with Crippen molar-refractivity contribution in [3.05, 3.63) is 52.5 Å². The number of likely N-dealkylation sites (N-methyl/N-ethyl adjacent to an activating group) is 1. The van der Waals surface area contributed by atoms with E-state index in [1.165, 1.54) is 4.90 Å². The fourth-order valence-corrected chi connectivity index (χ4v) is 3.15. The molecule has 0 saturated carbocycles. The van der Waals surface area contributed by atoms with Crippen molar-refractivity contribution in [3.8, 4) is 5.75 Å². The average Bonchev–Trinajstić information content (AvgIpc) is 2.55. The van der Waals surface area contributed by atoms with Crippen molar-refractivity contribution < 1.29 is 9.53 Å². The Balaban J connectivity index is 1.92. The summed E-state index contributed by atoms with van der Waals surface area (Å²) >= 11 is 5.14. The van der Waals surface area contributed by atoms with Crippen LogP contribution in [0, 0.1) is 0 Å². The van der Waals surface area contributed by atoms with Crippen LogP contribution in [-0.2, 0) is 11.3 Å². The van der Waals surface area contributed by atoms with E-state index in [4.69, 9.17) is 4.74 Å². The largest absolute Gasteiger partial charge is 0.496 e. The van der Waals surface area contributed by atoms with Crippen LogP contribution >= 0.6 is 27.7 Å². The smallest absolute Gasteiger partial charge is 0.238 e. The molecule has 0 saturated heterocycles. The van der Waals surface area contributed by atoms with Gasteiger partial charge in [0.15, 0.2) is 0 Å². The van der Waals surface area contributed by atoms with Gasteiger partial charge in [0.05, 0.1) is 13.7 Å².